The molecule has 0 aliphatic rings. The van der Waals surface area contributed by atoms with Gasteiger partial charge in [-0.15, -0.1) is 12.3 Å². The summed E-state index contributed by atoms with van der Waals surface area (Å²) in [6.07, 6.45) is 6.84. The number of hydrogen-bond donors (Lipinski definition) is 0. The van der Waals surface area contributed by atoms with Gasteiger partial charge in [0.05, 0.1) is 22.4 Å². The third-order valence-electron chi connectivity index (χ3n) is 3.58. The van der Waals surface area contributed by atoms with Crippen LogP contribution >= 0.6 is 0 Å². The molecule has 0 amide bonds. The van der Waals surface area contributed by atoms with Crippen LogP contribution in [0.5, 0.6) is 0 Å². The van der Waals surface area contributed by atoms with Crippen molar-refractivity contribution < 1.29 is 4.39 Å². The van der Waals surface area contributed by atoms with E-state index in [1.807, 2.05) is 25.1 Å². The monoisotopic (exact) mass is 290 g/mol. The summed E-state index contributed by atoms with van der Waals surface area (Å²) in [4.78, 5) is 9.31. The molecule has 2 aromatic carbocycles. The van der Waals surface area contributed by atoms with Gasteiger partial charge in [0, 0.05) is 12.0 Å². The molecule has 108 valence electrons. The first kappa shape index (κ1) is 14.2. The number of nitrogens with zero attached hydrogens (tertiary/aromatic N) is 2. The van der Waals surface area contributed by atoms with Crippen molar-refractivity contribution >= 4 is 11.0 Å². The second kappa shape index (κ2) is 5.95. The Kier molecular flexibility index (Phi) is 3.84. The lowest BCUT2D eigenvalue weighted by Gasteiger charge is -2.08. The van der Waals surface area contributed by atoms with Gasteiger partial charge in [0.1, 0.15) is 5.82 Å². The minimum Gasteiger partial charge on any atom is -0.249 e. The molecule has 0 bridgehead atoms. The first-order chi connectivity index (χ1) is 10.7. The smallest absolute Gasteiger partial charge is 0.123 e. The first-order valence-electron chi connectivity index (χ1n) is 7.14. The molecular weight excluding hydrogens is 275 g/mol. The second-order valence-electron chi connectivity index (χ2n) is 5.19. The predicted molar refractivity (Wildman–Crippen MR) is 86.8 cm³/mol. The van der Waals surface area contributed by atoms with Crippen molar-refractivity contribution in [1.29, 1.82) is 0 Å². The Morgan fingerprint density at radius 1 is 1.05 bits per heavy atom. The Morgan fingerprint density at radius 3 is 2.55 bits per heavy atom. The van der Waals surface area contributed by atoms with E-state index in [2.05, 4.69) is 10.9 Å². The number of aromatic nitrogens is 2. The molecule has 3 heteroatoms. The van der Waals surface area contributed by atoms with Gasteiger partial charge < -0.3 is 0 Å². The van der Waals surface area contributed by atoms with Crippen molar-refractivity contribution in [2.45, 2.75) is 19.8 Å². The molecule has 0 fully saturated rings. The van der Waals surface area contributed by atoms with Crippen LogP contribution in [0.1, 0.15) is 17.7 Å². The molecule has 0 saturated carbocycles. The Labute approximate surface area is 129 Å². The van der Waals surface area contributed by atoms with Gasteiger partial charge in [-0.05, 0) is 55.3 Å². The number of terminal acetylenes is 1. The fraction of sp³-hybridized carbons (Fsp3) is 0.158. The summed E-state index contributed by atoms with van der Waals surface area (Å²) >= 11 is 0. The van der Waals surface area contributed by atoms with Crippen molar-refractivity contribution in [3.05, 3.63) is 59.5 Å². The van der Waals surface area contributed by atoms with Crippen LogP contribution in [0.15, 0.2) is 42.5 Å². The van der Waals surface area contributed by atoms with E-state index in [4.69, 9.17) is 11.4 Å². The van der Waals surface area contributed by atoms with Crippen molar-refractivity contribution in [1.82, 2.24) is 9.97 Å². The van der Waals surface area contributed by atoms with E-state index < -0.39 is 0 Å². The maximum atomic E-state index is 13.1. The lowest BCUT2D eigenvalue weighted by molar-refractivity contribution is 0.628. The quantitative estimate of drug-likeness (QED) is 0.672. The van der Waals surface area contributed by atoms with E-state index >= 15 is 0 Å². The highest BCUT2D eigenvalue weighted by Crippen LogP contribution is 2.24. The number of rotatable bonds is 3. The van der Waals surface area contributed by atoms with Gasteiger partial charge >= 0.3 is 0 Å². The summed E-state index contributed by atoms with van der Waals surface area (Å²) in [5.41, 5.74) is 5.31. The third-order valence-corrected chi connectivity index (χ3v) is 3.58. The average molecular weight is 290 g/mol. The maximum Gasteiger partial charge on any atom is 0.123 e. The van der Waals surface area contributed by atoms with Crippen molar-refractivity contribution in [2.75, 3.05) is 0 Å². The summed E-state index contributed by atoms with van der Waals surface area (Å²) in [6.45, 7) is 1.91. The SMILES string of the molecule is C#CCCc1ccc2nc(C)c(-c3ccc(F)cc3)nc2c1. The van der Waals surface area contributed by atoms with Crippen LogP contribution in [-0.2, 0) is 6.42 Å². The van der Waals surface area contributed by atoms with Crippen LogP contribution in [0.25, 0.3) is 22.3 Å². The molecule has 0 unspecified atom stereocenters. The van der Waals surface area contributed by atoms with E-state index in [0.29, 0.717) is 6.42 Å². The van der Waals surface area contributed by atoms with Crippen LogP contribution in [-0.4, -0.2) is 9.97 Å². The molecule has 2 nitrogen and oxygen atoms in total. The fourth-order valence-corrected chi connectivity index (χ4v) is 2.44. The molecule has 1 aromatic heterocycles. The van der Waals surface area contributed by atoms with E-state index in [9.17, 15) is 4.39 Å². The van der Waals surface area contributed by atoms with Gasteiger partial charge in [-0.1, -0.05) is 6.07 Å². The second-order valence-corrected chi connectivity index (χ2v) is 5.19. The fourth-order valence-electron chi connectivity index (χ4n) is 2.44. The van der Waals surface area contributed by atoms with Crippen molar-refractivity contribution in [3.8, 4) is 23.6 Å². The van der Waals surface area contributed by atoms with Crippen LogP contribution in [0.4, 0.5) is 4.39 Å². The van der Waals surface area contributed by atoms with E-state index in [1.165, 1.54) is 12.1 Å². The molecule has 3 aromatic rings. The molecular formula is C19H15FN2. The molecule has 0 saturated heterocycles. The summed E-state index contributed by atoms with van der Waals surface area (Å²) < 4.78 is 13.1. The van der Waals surface area contributed by atoms with Gasteiger partial charge in [-0.25, -0.2) is 14.4 Å². The molecule has 0 aliphatic heterocycles. The van der Waals surface area contributed by atoms with Gasteiger partial charge in [0.15, 0.2) is 0 Å². The van der Waals surface area contributed by atoms with Crippen LogP contribution in [0.2, 0.25) is 0 Å². The molecule has 0 N–H and O–H groups in total. The largest absolute Gasteiger partial charge is 0.249 e. The van der Waals surface area contributed by atoms with Crippen molar-refractivity contribution in [3.63, 3.8) is 0 Å². The molecule has 0 spiro atoms. The summed E-state index contributed by atoms with van der Waals surface area (Å²) in [5.74, 6) is 2.39. The van der Waals surface area contributed by atoms with Gasteiger partial charge in [0.2, 0.25) is 0 Å². The lowest BCUT2D eigenvalue weighted by Crippen LogP contribution is -1.95. The van der Waals surface area contributed by atoms with Gasteiger partial charge in [-0.3, -0.25) is 0 Å². The Balaban J connectivity index is 2.09. The highest BCUT2D eigenvalue weighted by Gasteiger charge is 2.08. The van der Waals surface area contributed by atoms with Crippen LogP contribution < -0.4 is 0 Å². The molecule has 0 radical (unpaired) electrons. The maximum absolute atomic E-state index is 13.1. The number of benzene rings is 2. The van der Waals surface area contributed by atoms with Gasteiger partial charge in [0.25, 0.3) is 0 Å². The van der Waals surface area contributed by atoms with Crippen LogP contribution in [0.3, 0.4) is 0 Å². The summed E-state index contributed by atoms with van der Waals surface area (Å²) in [7, 11) is 0. The lowest BCUT2D eigenvalue weighted by atomic mass is 10.1. The Bertz CT molecular complexity index is 861. The standard InChI is InChI=1S/C19H15FN2/c1-3-4-5-14-6-11-17-18(12-14)22-19(13(2)21-17)15-7-9-16(20)10-8-15/h1,6-12H,4-5H2,2H3. The topological polar surface area (TPSA) is 25.8 Å². The highest BCUT2D eigenvalue weighted by molar-refractivity contribution is 5.79. The molecule has 22 heavy (non-hydrogen) atoms. The van der Waals surface area contributed by atoms with E-state index in [-0.39, 0.29) is 5.82 Å². The zero-order valence-corrected chi connectivity index (χ0v) is 12.3. The zero-order valence-electron chi connectivity index (χ0n) is 12.3. The minimum atomic E-state index is -0.258. The molecule has 0 aliphatic carbocycles. The number of halogens is 1. The highest BCUT2D eigenvalue weighted by atomic mass is 19.1. The average Bonchev–Trinajstić information content (AvgIpc) is 2.53. The Hall–Kier alpha value is -2.73. The molecule has 1 heterocycles. The van der Waals surface area contributed by atoms with E-state index in [1.54, 1.807) is 12.1 Å². The third kappa shape index (κ3) is 2.82. The summed E-state index contributed by atoms with van der Waals surface area (Å²) in [5, 5.41) is 0. The number of fused-ring (bicyclic) bond motifs is 1. The van der Waals surface area contributed by atoms with Crippen molar-refractivity contribution in [2.24, 2.45) is 0 Å². The predicted octanol–water partition coefficient (Wildman–Crippen LogP) is 4.31. The zero-order chi connectivity index (χ0) is 15.5. The van der Waals surface area contributed by atoms with Crippen LogP contribution in [0, 0.1) is 25.1 Å². The first-order valence-corrected chi connectivity index (χ1v) is 7.14. The normalized spacial score (nSPS) is 10.6. The molecule has 0 atom stereocenters. The van der Waals surface area contributed by atoms with Gasteiger partial charge in [-0.2, -0.15) is 0 Å². The Morgan fingerprint density at radius 2 is 1.82 bits per heavy atom. The number of aryl methyl sites for hydroxylation is 2. The molecule has 3 rings (SSSR count). The summed E-state index contributed by atoms with van der Waals surface area (Å²) in [6, 6.07) is 12.3. The van der Waals surface area contributed by atoms with E-state index in [0.717, 1.165) is 40.0 Å². The number of hydrogen-bond acceptors (Lipinski definition) is 2. The minimum absolute atomic E-state index is 0.258.